The van der Waals surface area contributed by atoms with E-state index in [1.807, 2.05) is 0 Å². The van der Waals surface area contributed by atoms with Crippen LogP contribution in [0.2, 0.25) is 0 Å². The minimum absolute atomic E-state index is 0.173. The van der Waals surface area contributed by atoms with Gasteiger partial charge in [0.1, 0.15) is 0 Å². The maximum atomic E-state index is 12.7. The molecule has 0 atom stereocenters. The lowest BCUT2D eigenvalue weighted by molar-refractivity contribution is -0.137. The SMILES string of the molecule is CC(C)N(CCCN)S(=O)(=O)c1cccc(C(F)(F)F)c1. The van der Waals surface area contributed by atoms with Crippen molar-refractivity contribution in [3.63, 3.8) is 0 Å². The van der Waals surface area contributed by atoms with Crippen LogP contribution in [0.4, 0.5) is 13.2 Å². The maximum absolute atomic E-state index is 12.7. The van der Waals surface area contributed by atoms with Gasteiger partial charge in [-0.1, -0.05) is 6.07 Å². The molecule has 0 aromatic heterocycles. The van der Waals surface area contributed by atoms with Gasteiger partial charge >= 0.3 is 6.18 Å². The summed E-state index contributed by atoms with van der Waals surface area (Å²) in [6.45, 7) is 3.82. The smallest absolute Gasteiger partial charge is 0.330 e. The van der Waals surface area contributed by atoms with Gasteiger partial charge in [0.25, 0.3) is 0 Å². The molecule has 21 heavy (non-hydrogen) atoms. The third-order valence-corrected chi connectivity index (χ3v) is 5.00. The van der Waals surface area contributed by atoms with E-state index in [1.165, 1.54) is 6.07 Å². The molecule has 0 aliphatic heterocycles. The molecule has 120 valence electrons. The van der Waals surface area contributed by atoms with Gasteiger partial charge in [0, 0.05) is 12.6 Å². The molecule has 1 aromatic carbocycles. The van der Waals surface area contributed by atoms with Crippen LogP contribution < -0.4 is 5.73 Å². The molecule has 0 radical (unpaired) electrons. The molecular formula is C13H19F3N2O2S. The summed E-state index contributed by atoms with van der Waals surface area (Å²) in [5.74, 6) is 0. The first-order valence-corrected chi connectivity index (χ1v) is 7.94. The molecular weight excluding hydrogens is 305 g/mol. The van der Waals surface area contributed by atoms with Crippen molar-refractivity contribution in [2.45, 2.75) is 37.4 Å². The van der Waals surface area contributed by atoms with E-state index in [0.717, 1.165) is 16.4 Å². The Morgan fingerprint density at radius 3 is 2.38 bits per heavy atom. The van der Waals surface area contributed by atoms with Crippen LogP contribution >= 0.6 is 0 Å². The summed E-state index contributed by atoms with van der Waals surface area (Å²) in [6, 6.07) is 3.40. The molecule has 0 amide bonds. The van der Waals surface area contributed by atoms with Gasteiger partial charge in [-0.05, 0) is 45.0 Å². The molecule has 1 rings (SSSR count). The Morgan fingerprint density at radius 2 is 1.90 bits per heavy atom. The van der Waals surface area contributed by atoms with Crippen LogP contribution in [-0.4, -0.2) is 31.9 Å². The number of benzene rings is 1. The monoisotopic (exact) mass is 324 g/mol. The van der Waals surface area contributed by atoms with Crippen molar-refractivity contribution in [3.05, 3.63) is 29.8 Å². The number of alkyl halides is 3. The molecule has 2 N–H and O–H groups in total. The summed E-state index contributed by atoms with van der Waals surface area (Å²) in [4.78, 5) is -0.358. The fourth-order valence-electron chi connectivity index (χ4n) is 1.87. The van der Waals surface area contributed by atoms with Crippen LogP contribution in [0.1, 0.15) is 25.8 Å². The Morgan fingerprint density at radius 1 is 1.29 bits per heavy atom. The summed E-state index contributed by atoms with van der Waals surface area (Å²) in [5.41, 5.74) is 4.39. The third kappa shape index (κ3) is 4.42. The standard InChI is InChI=1S/C13H19F3N2O2S/c1-10(2)18(8-4-7-17)21(19,20)12-6-3-5-11(9-12)13(14,15)16/h3,5-6,9-10H,4,7-8,17H2,1-2H3. The molecule has 0 saturated carbocycles. The quantitative estimate of drug-likeness (QED) is 0.874. The zero-order valence-corrected chi connectivity index (χ0v) is 12.7. The number of nitrogens with two attached hydrogens (primary N) is 1. The van der Waals surface area contributed by atoms with Crippen LogP contribution in [0, 0.1) is 0 Å². The third-order valence-electron chi connectivity index (χ3n) is 2.93. The van der Waals surface area contributed by atoms with Crippen molar-refractivity contribution < 1.29 is 21.6 Å². The van der Waals surface area contributed by atoms with E-state index in [0.29, 0.717) is 19.0 Å². The molecule has 8 heteroatoms. The highest BCUT2D eigenvalue weighted by Crippen LogP contribution is 2.31. The lowest BCUT2D eigenvalue weighted by Gasteiger charge is -2.26. The minimum Gasteiger partial charge on any atom is -0.330 e. The summed E-state index contributed by atoms with van der Waals surface area (Å²) in [6.07, 6.45) is -4.14. The molecule has 0 spiro atoms. The first-order chi connectivity index (χ1) is 9.60. The van der Waals surface area contributed by atoms with E-state index < -0.39 is 21.8 Å². The molecule has 1 aromatic rings. The van der Waals surface area contributed by atoms with E-state index in [4.69, 9.17) is 5.73 Å². The first-order valence-electron chi connectivity index (χ1n) is 6.50. The highest BCUT2D eigenvalue weighted by Gasteiger charge is 2.33. The van der Waals surface area contributed by atoms with Gasteiger partial charge in [0.2, 0.25) is 10.0 Å². The molecule has 0 saturated heterocycles. The molecule has 0 unspecified atom stereocenters. The Balaban J connectivity index is 3.22. The van der Waals surface area contributed by atoms with Crippen LogP contribution in [0.15, 0.2) is 29.2 Å². The first kappa shape index (κ1) is 17.9. The van der Waals surface area contributed by atoms with Crippen molar-refractivity contribution >= 4 is 10.0 Å². The number of hydrogen-bond donors (Lipinski definition) is 1. The van der Waals surface area contributed by atoms with Gasteiger partial charge in [-0.15, -0.1) is 0 Å². The predicted molar refractivity (Wildman–Crippen MR) is 74.1 cm³/mol. The molecule has 4 nitrogen and oxygen atoms in total. The van der Waals surface area contributed by atoms with Gasteiger partial charge in [0.15, 0.2) is 0 Å². The van der Waals surface area contributed by atoms with E-state index in [1.54, 1.807) is 13.8 Å². The average molecular weight is 324 g/mol. The van der Waals surface area contributed by atoms with Crippen molar-refractivity contribution in [3.8, 4) is 0 Å². The number of sulfonamides is 1. The summed E-state index contributed by atoms with van der Waals surface area (Å²) in [5, 5.41) is 0. The lowest BCUT2D eigenvalue weighted by Crippen LogP contribution is -2.38. The second-order valence-corrected chi connectivity index (χ2v) is 6.77. The second kappa shape index (κ2) is 6.76. The summed E-state index contributed by atoms with van der Waals surface area (Å²) in [7, 11) is -3.98. The molecule has 0 aliphatic rings. The molecule has 0 aliphatic carbocycles. The van der Waals surface area contributed by atoms with Crippen molar-refractivity contribution in [2.24, 2.45) is 5.73 Å². The topological polar surface area (TPSA) is 63.4 Å². The van der Waals surface area contributed by atoms with Crippen molar-refractivity contribution in [1.82, 2.24) is 4.31 Å². The zero-order valence-electron chi connectivity index (χ0n) is 11.9. The molecule has 0 heterocycles. The number of hydrogen-bond acceptors (Lipinski definition) is 3. The normalized spacial score (nSPS) is 13.1. The fraction of sp³-hybridized carbons (Fsp3) is 0.538. The van der Waals surface area contributed by atoms with E-state index in [-0.39, 0.29) is 17.5 Å². The van der Waals surface area contributed by atoms with E-state index >= 15 is 0 Å². The van der Waals surface area contributed by atoms with Crippen molar-refractivity contribution in [1.29, 1.82) is 0 Å². The van der Waals surface area contributed by atoms with Crippen LogP contribution in [0.25, 0.3) is 0 Å². The Hall–Kier alpha value is -1.12. The van der Waals surface area contributed by atoms with Gasteiger partial charge < -0.3 is 5.73 Å². The largest absolute Gasteiger partial charge is 0.416 e. The van der Waals surface area contributed by atoms with E-state index in [2.05, 4.69) is 0 Å². The fourth-order valence-corrected chi connectivity index (χ4v) is 3.59. The van der Waals surface area contributed by atoms with Crippen LogP contribution in [0.5, 0.6) is 0 Å². The molecule has 0 bridgehead atoms. The predicted octanol–water partition coefficient (Wildman–Crippen LogP) is 2.45. The Kier molecular flexibility index (Phi) is 5.77. The van der Waals surface area contributed by atoms with Crippen LogP contribution in [-0.2, 0) is 16.2 Å². The number of nitrogens with zero attached hydrogens (tertiary/aromatic N) is 1. The lowest BCUT2D eigenvalue weighted by atomic mass is 10.2. The summed E-state index contributed by atoms with van der Waals surface area (Å²) < 4.78 is 64.2. The Bertz CT molecular complexity index is 571. The average Bonchev–Trinajstić information content (AvgIpc) is 2.37. The summed E-state index contributed by atoms with van der Waals surface area (Å²) >= 11 is 0. The van der Waals surface area contributed by atoms with Gasteiger partial charge in [-0.2, -0.15) is 17.5 Å². The second-order valence-electron chi connectivity index (χ2n) is 4.88. The Labute approximate surface area is 122 Å². The number of rotatable bonds is 6. The number of halogens is 3. The zero-order chi connectivity index (χ0) is 16.3. The molecule has 0 fully saturated rings. The highest BCUT2D eigenvalue weighted by molar-refractivity contribution is 7.89. The minimum atomic E-state index is -4.58. The maximum Gasteiger partial charge on any atom is 0.416 e. The van der Waals surface area contributed by atoms with Crippen LogP contribution in [0.3, 0.4) is 0 Å². The van der Waals surface area contributed by atoms with Crippen molar-refractivity contribution in [2.75, 3.05) is 13.1 Å². The van der Waals surface area contributed by atoms with E-state index in [9.17, 15) is 21.6 Å². The van der Waals surface area contributed by atoms with Gasteiger partial charge in [0.05, 0.1) is 10.5 Å². The van der Waals surface area contributed by atoms with Gasteiger partial charge in [-0.3, -0.25) is 0 Å². The highest BCUT2D eigenvalue weighted by atomic mass is 32.2. The van der Waals surface area contributed by atoms with Gasteiger partial charge in [-0.25, -0.2) is 8.42 Å².